The van der Waals surface area contributed by atoms with Crippen molar-refractivity contribution < 1.29 is 14.4 Å². The molecular formula is C7H3FN2O3. The molecule has 1 N–H and O–H groups in total. The normalized spacial score (nSPS) is 9.23. The van der Waals surface area contributed by atoms with Gasteiger partial charge in [-0.15, -0.1) is 0 Å². The van der Waals surface area contributed by atoms with Crippen molar-refractivity contribution in [3.8, 4) is 11.8 Å². The Balaban J connectivity index is 3.41. The van der Waals surface area contributed by atoms with Gasteiger partial charge >= 0.3 is 5.69 Å². The van der Waals surface area contributed by atoms with Crippen molar-refractivity contribution in [2.75, 3.05) is 0 Å². The van der Waals surface area contributed by atoms with Crippen molar-refractivity contribution in [2.24, 2.45) is 0 Å². The Morgan fingerprint density at radius 2 is 2.23 bits per heavy atom. The van der Waals surface area contributed by atoms with Crippen molar-refractivity contribution in [1.29, 1.82) is 5.26 Å². The highest BCUT2D eigenvalue weighted by atomic mass is 19.1. The Kier molecular flexibility index (Phi) is 2.11. The number of phenols is 1. The number of hydrogen-bond donors (Lipinski definition) is 1. The molecule has 1 rings (SSSR count). The smallest absolute Gasteiger partial charge is 0.312 e. The maximum atomic E-state index is 12.7. The van der Waals surface area contributed by atoms with E-state index < -0.39 is 27.7 Å². The van der Waals surface area contributed by atoms with E-state index in [2.05, 4.69) is 0 Å². The second-order valence-electron chi connectivity index (χ2n) is 2.19. The van der Waals surface area contributed by atoms with Crippen LogP contribution < -0.4 is 0 Å². The molecule has 1 aromatic carbocycles. The topological polar surface area (TPSA) is 87.2 Å². The van der Waals surface area contributed by atoms with Gasteiger partial charge in [0.05, 0.1) is 10.5 Å². The summed E-state index contributed by atoms with van der Waals surface area (Å²) in [5.74, 6) is -1.77. The van der Waals surface area contributed by atoms with Crippen LogP contribution in [0.2, 0.25) is 0 Å². The summed E-state index contributed by atoms with van der Waals surface area (Å²) >= 11 is 0. The molecule has 0 fully saturated rings. The van der Waals surface area contributed by atoms with Gasteiger partial charge in [-0.05, 0) is 0 Å². The van der Waals surface area contributed by atoms with Gasteiger partial charge in [-0.25, -0.2) is 4.39 Å². The second kappa shape index (κ2) is 3.06. The van der Waals surface area contributed by atoms with Crippen LogP contribution in [0.3, 0.4) is 0 Å². The summed E-state index contributed by atoms with van der Waals surface area (Å²) in [6.07, 6.45) is 0. The number of phenolic OH excluding ortho intramolecular Hbond substituents is 1. The van der Waals surface area contributed by atoms with Crippen LogP contribution >= 0.6 is 0 Å². The van der Waals surface area contributed by atoms with Crippen molar-refractivity contribution in [3.63, 3.8) is 0 Å². The molecule has 0 aliphatic carbocycles. The summed E-state index contributed by atoms with van der Waals surface area (Å²) in [5, 5.41) is 27.4. The van der Waals surface area contributed by atoms with Gasteiger partial charge in [0.1, 0.15) is 11.9 Å². The van der Waals surface area contributed by atoms with E-state index in [-0.39, 0.29) is 0 Å². The zero-order valence-electron chi connectivity index (χ0n) is 6.19. The van der Waals surface area contributed by atoms with Crippen molar-refractivity contribution in [2.45, 2.75) is 0 Å². The highest BCUT2D eigenvalue weighted by molar-refractivity contribution is 5.51. The molecule has 6 heteroatoms. The number of aromatic hydroxyl groups is 1. The van der Waals surface area contributed by atoms with E-state index in [1.54, 1.807) is 0 Å². The summed E-state index contributed by atoms with van der Waals surface area (Å²) in [6.45, 7) is 0. The molecule has 0 radical (unpaired) electrons. The molecule has 0 spiro atoms. The van der Waals surface area contributed by atoms with Gasteiger partial charge < -0.3 is 5.11 Å². The minimum absolute atomic E-state index is 0.468. The maximum Gasteiger partial charge on any atom is 0.312 e. The molecule has 5 nitrogen and oxygen atoms in total. The van der Waals surface area contributed by atoms with Crippen LogP contribution in [0.1, 0.15) is 5.56 Å². The maximum absolute atomic E-state index is 12.7. The molecular weight excluding hydrogens is 179 g/mol. The third kappa shape index (κ3) is 1.54. The predicted octanol–water partition coefficient (Wildman–Crippen LogP) is 1.31. The molecule has 0 unspecified atom stereocenters. The number of halogens is 1. The molecule has 0 bridgehead atoms. The zero-order valence-corrected chi connectivity index (χ0v) is 6.19. The van der Waals surface area contributed by atoms with E-state index in [1.165, 1.54) is 6.07 Å². The molecule has 13 heavy (non-hydrogen) atoms. The van der Waals surface area contributed by atoms with E-state index in [1.807, 2.05) is 0 Å². The number of hydrogen-bond acceptors (Lipinski definition) is 4. The lowest BCUT2D eigenvalue weighted by Crippen LogP contribution is -1.92. The third-order valence-corrected chi connectivity index (χ3v) is 1.38. The zero-order chi connectivity index (χ0) is 10.0. The average Bonchev–Trinajstić information content (AvgIpc) is 2.03. The Morgan fingerprint density at radius 3 is 2.69 bits per heavy atom. The molecule has 0 aliphatic rings. The lowest BCUT2D eigenvalue weighted by Gasteiger charge is -1.96. The van der Waals surface area contributed by atoms with Crippen LogP contribution in [0.25, 0.3) is 0 Å². The minimum atomic E-state index is -0.981. The number of nitrogens with zero attached hydrogens (tertiary/aromatic N) is 2. The van der Waals surface area contributed by atoms with E-state index in [4.69, 9.17) is 10.4 Å². The highest BCUT2D eigenvalue weighted by Crippen LogP contribution is 2.27. The number of rotatable bonds is 1. The van der Waals surface area contributed by atoms with Crippen LogP contribution in [0.4, 0.5) is 10.1 Å². The quantitative estimate of drug-likeness (QED) is 0.523. The first-order valence-electron chi connectivity index (χ1n) is 3.13. The van der Waals surface area contributed by atoms with E-state index in [0.717, 1.165) is 0 Å². The van der Waals surface area contributed by atoms with E-state index in [9.17, 15) is 14.5 Å². The Morgan fingerprint density at radius 1 is 1.62 bits per heavy atom. The summed E-state index contributed by atoms with van der Waals surface area (Å²) in [6, 6.07) is 2.65. The fourth-order valence-corrected chi connectivity index (χ4v) is 0.783. The molecule has 0 amide bonds. The Hall–Kier alpha value is -2.16. The SMILES string of the molecule is N#Cc1cc([N+](=O)[O-])c(O)cc1F. The number of nitriles is 1. The number of nitro groups is 1. The molecule has 0 atom stereocenters. The lowest BCUT2D eigenvalue weighted by molar-refractivity contribution is -0.385. The first-order valence-corrected chi connectivity index (χ1v) is 3.13. The first kappa shape index (κ1) is 8.93. The van der Waals surface area contributed by atoms with Crippen LogP contribution in [0.15, 0.2) is 12.1 Å². The number of benzene rings is 1. The van der Waals surface area contributed by atoms with Gasteiger partial charge in [0.15, 0.2) is 5.75 Å². The fourth-order valence-electron chi connectivity index (χ4n) is 0.783. The molecule has 66 valence electrons. The average molecular weight is 182 g/mol. The first-order chi connectivity index (χ1) is 6.06. The third-order valence-electron chi connectivity index (χ3n) is 1.38. The predicted molar refractivity (Wildman–Crippen MR) is 39.4 cm³/mol. The molecule has 0 aliphatic heterocycles. The van der Waals surface area contributed by atoms with Crippen molar-refractivity contribution in [3.05, 3.63) is 33.6 Å². The summed E-state index contributed by atoms with van der Waals surface area (Å²) < 4.78 is 12.7. The second-order valence-corrected chi connectivity index (χ2v) is 2.19. The molecule has 0 saturated heterocycles. The van der Waals surface area contributed by atoms with Crippen LogP contribution in [-0.4, -0.2) is 10.0 Å². The van der Waals surface area contributed by atoms with Gasteiger partial charge in [0.2, 0.25) is 0 Å². The molecule has 1 aromatic rings. The van der Waals surface area contributed by atoms with Crippen LogP contribution in [-0.2, 0) is 0 Å². The van der Waals surface area contributed by atoms with E-state index >= 15 is 0 Å². The Bertz CT molecular complexity index is 411. The fraction of sp³-hybridized carbons (Fsp3) is 0. The minimum Gasteiger partial charge on any atom is -0.502 e. The Labute approximate surface area is 71.8 Å². The van der Waals surface area contributed by atoms with Gasteiger partial charge in [-0.2, -0.15) is 5.26 Å². The largest absolute Gasteiger partial charge is 0.502 e. The lowest BCUT2D eigenvalue weighted by atomic mass is 10.2. The van der Waals surface area contributed by atoms with Gasteiger partial charge in [0, 0.05) is 12.1 Å². The standard InChI is InChI=1S/C7H3FN2O3/c8-5-2-7(11)6(10(12)13)1-4(5)3-9/h1-2,11H. The summed E-state index contributed by atoms with van der Waals surface area (Å²) in [5.41, 5.74) is -1.15. The molecule has 0 saturated carbocycles. The molecule has 0 heterocycles. The highest BCUT2D eigenvalue weighted by Gasteiger charge is 2.17. The van der Waals surface area contributed by atoms with Gasteiger partial charge in [-0.3, -0.25) is 10.1 Å². The van der Waals surface area contributed by atoms with E-state index in [0.29, 0.717) is 12.1 Å². The summed E-state index contributed by atoms with van der Waals surface area (Å²) in [7, 11) is 0. The monoisotopic (exact) mass is 182 g/mol. The summed E-state index contributed by atoms with van der Waals surface area (Å²) in [4.78, 5) is 9.32. The van der Waals surface area contributed by atoms with Crippen LogP contribution in [0.5, 0.6) is 5.75 Å². The molecule has 0 aromatic heterocycles. The van der Waals surface area contributed by atoms with Crippen molar-refractivity contribution >= 4 is 5.69 Å². The van der Waals surface area contributed by atoms with Gasteiger partial charge in [-0.1, -0.05) is 0 Å². The number of nitro benzene ring substituents is 1. The van der Waals surface area contributed by atoms with Crippen molar-refractivity contribution in [1.82, 2.24) is 0 Å². The van der Waals surface area contributed by atoms with Gasteiger partial charge in [0.25, 0.3) is 0 Å². The van der Waals surface area contributed by atoms with Crippen LogP contribution in [0, 0.1) is 27.3 Å².